The third-order valence-electron chi connectivity index (χ3n) is 4.26. The number of rotatable bonds is 3. The molecule has 0 atom stereocenters. The maximum Gasteiger partial charge on any atom is 0.340 e. The molecule has 4 nitrogen and oxygen atoms in total. The summed E-state index contributed by atoms with van der Waals surface area (Å²) in [6.07, 6.45) is 5.00. The number of esters is 1. The molecule has 126 valence electrons. The Morgan fingerprint density at radius 2 is 1.44 bits per heavy atom. The van der Waals surface area contributed by atoms with E-state index < -0.39 is 11.6 Å². The number of benzene rings is 2. The van der Waals surface area contributed by atoms with E-state index in [4.69, 9.17) is 4.74 Å². The fraction of sp³-hybridized carbons (Fsp3) is 0.0952. The Morgan fingerprint density at radius 1 is 0.960 bits per heavy atom. The van der Waals surface area contributed by atoms with Gasteiger partial charge in [0, 0.05) is 16.7 Å². The standard InChI is InChI=1S/C21H18O4/c1-3-5-18-19(4-2)21(25-20(18)24,14-6-10-16(22)11-7-14)15-8-12-17(23)13-9-15/h3-13,22-23H,1H2,2H3. The van der Waals surface area contributed by atoms with Crippen molar-refractivity contribution in [3.05, 3.63) is 95.6 Å². The van der Waals surface area contributed by atoms with Gasteiger partial charge in [-0.05, 0) is 37.3 Å². The average molecular weight is 334 g/mol. The van der Waals surface area contributed by atoms with Crippen molar-refractivity contribution in [3.63, 3.8) is 0 Å². The summed E-state index contributed by atoms with van der Waals surface area (Å²) in [7, 11) is 0. The molecule has 2 aromatic carbocycles. The first-order chi connectivity index (χ1) is 12.0. The molecule has 0 amide bonds. The number of carbonyl (C=O) groups excluding carboxylic acids is 1. The second-order valence-corrected chi connectivity index (χ2v) is 5.68. The molecule has 1 aliphatic rings. The molecule has 0 radical (unpaired) electrons. The number of hydrogen-bond donors (Lipinski definition) is 2. The first-order valence-corrected chi connectivity index (χ1v) is 7.85. The largest absolute Gasteiger partial charge is 0.508 e. The smallest absolute Gasteiger partial charge is 0.340 e. The zero-order chi connectivity index (χ0) is 18.0. The van der Waals surface area contributed by atoms with Crippen LogP contribution < -0.4 is 0 Å². The molecular weight excluding hydrogens is 316 g/mol. The molecule has 1 fully saturated rings. The third-order valence-corrected chi connectivity index (χ3v) is 4.26. The summed E-state index contributed by atoms with van der Waals surface area (Å²) >= 11 is 0. The molecule has 0 aliphatic carbocycles. The van der Waals surface area contributed by atoms with Gasteiger partial charge in [-0.1, -0.05) is 43.0 Å². The maximum absolute atomic E-state index is 12.6. The summed E-state index contributed by atoms with van der Waals surface area (Å²) in [6, 6.07) is 13.1. The number of phenols is 2. The number of aromatic hydroxyl groups is 2. The number of phenolic OH excluding ortho intramolecular Hbond substituents is 2. The lowest BCUT2D eigenvalue weighted by Crippen LogP contribution is -2.29. The van der Waals surface area contributed by atoms with Gasteiger partial charge in [-0.25, -0.2) is 4.79 Å². The van der Waals surface area contributed by atoms with Crippen LogP contribution in [0.2, 0.25) is 0 Å². The molecule has 1 aliphatic heterocycles. The van der Waals surface area contributed by atoms with Crippen molar-refractivity contribution in [1.29, 1.82) is 0 Å². The van der Waals surface area contributed by atoms with E-state index in [1.54, 1.807) is 60.7 Å². The van der Waals surface area contributed by atoms with Gasteiger partial charge in [0.2, 0.25) is 0 Å². The molecule has 0 saturated carbocycles. The van der Waals surface area contributed by atoms with Gasteiger partial charge in [0.05, 0.1) is 5.57 Å². The third kappa shape index (κ3) is 2.62. The van der Waals surface area contributed by atoms with Crippen molar-refractivity contribution in [2.24, 2.45) is 0 Å². The normalized spacial score (nSPS) is 19.2. The Labute approximate surface area is 146 Å². The SMILES string of the molecule is C=CC=C1C(=O)OC(c2ccc(O)cc2)(c2ccc(O)cc2)C1=CC. The first-order valence-electron chi connectivity index (χ1n) is 7.85. The van der Waals surface area contributed by atoms with Crippen LogP contribution in [-0.2, 0) is 15.1 Å². The van der Waals surface area contributed by atoms with Crippen molar-refractivity contribution < 1.29 is 19.7 Å². The number of cyclic esters (lactones) is 1. The Morgan fingerprint density at radius 3 is 1.84 bits per heavy atom. The summed E-state index contributed by atoms with van der Waals surface area (Å²) in [5.41, 5.74) is 1.37. The highest BCUT2D eigenvalue weighted by Crippen LogP contribution is 2.49. The summed E-state index contributed by atoms with van der Waals surface area (Å²) < 4.78 is 5.88. The van der Waals surface area contributed by atoms with Crippen LogP contribution in [0.25, 0.3) is 0 Å². The molecule has 0 bridgehead atoms. The van der Waals surface area contributed by atoms with Crippen LogP contribution >= 0.6 is 0 Å². The van der Waals surface area contributed by atoms with E-state index in [1.807, 2.05) is 13.0 Å². The first kappa shape index (κ1) is 16.6. The van der Waals surface area contributed by atoms with Crippen LogP contribution in [0.15, 0.2) is 84.5 Å². The topological polar surface area (TPSA) is 66.8 Å². The molecule has 0 spiro atoms. The molecule has 0 aromatic heterocycles. The van der Waals surface area contributed by atoms with Crippen LogP contribution in [0.4, 0.5) is 0 Å². The van der Waals surface area contributed by atoms with E-state index in [-0.39, 0.29) is 11.5 Å². The van der Waals surface area contributed by atoms with Crippen molar-refractivity contribution in [2.75, 3.05) is 0 Å². The molecule has 3 rings (SSSR count). The minimum atomic E-state index is -1.15. The second-order valence-electron chi connectivity index (χ2n) is 5.68. The predicted octanol–water partition coefficient (Wildman–Crippen LogP) is 3.96. The van der Waals surface area contributed by atoms with Crippen molar-refractivity contribution in [1.82, 2.24) is 0 Å². The molecule has 0 unspecified atom stereocenters. The summed E-state index contributed by atoms with van der Waals surface area (Å²) in [5, 5.41) is 19.2. The van der Waals surface area contributed by atoms with Crippen LogP contribution in [-0.4, -0.2) is 16.2 Å². The molecule has 25 heavy (non-hydrogen) atoms. The highest BCUT2D eigenvalue weighted by Gasteiger charge is 2.50. The van der Waals surface area contributed by atoms with E-state index in [1.165, 1.54) is 0 Å². The van der Waals surface area contributed by atoms with Gasteiger partial charge >= 0.3 is 5.97 Å². The van der Waals surface area contributed by atoms with E-state index >= 15 is 0 Å². The van der Waals surface area contributed by atoms with Gasteiger partial charge < -0.3 is 14.9 Å². The van der Waals surface area contributed by atoms with E-state index in [0.717, 1.165) is 0 Å². The fourth-order valence-electron chi connectivity index (χ4n) is 3.17. The minimum Gasteiger partial charge on any atom is -0.508 e. The summed E-state index contributed by atoms with van der Waals surface area (Å²) in [6.45, 7) is 5.50. The van der Waals surface area contributed by atoms with Crippen molar-refractivity contribution in [3.8, 4) is 11.5 Å². The number of allylic oxidation sites excluding steroid dienone is 3. The lowest BCUT2D eigenvalue weighted by atomic mass is 9.78. The fourth-order valence-corrected chi connectivity index (χ4v) is 3.17. The zero-order valence-corrected chi connectivity index (χ0v) is 13.8. The highest BCUT2D eigenvalue weighted by molar-refractivity contribution is 5.99. The Balaban J connectivity index is 2.32. The monoisotopic (exact) mass is 334 g/mol. The van der Waals surface area contributed by atoms with E-state index in [0.29, 0.717) is 22.3 Å². The molecule has 4 heteroatoms. The predicted molar refractivity (Wildman–Crippen MR) is 95.1 cm³/mol. The second kappa shape index (κ2) is 6.32. The van der Waals surface area contributed by atoms with Gasteiger partial charge in [-0.3, -0.25) is 0 Å². The van der Waals surface area contributed by atoms with Crippen LogP contribution in [0.3, 0.4) is 0 Å². The van der Waals surface area contributed by atoms with Crippen molar-refractivity contribution in [2.45, 2.75) is 12.5 Å². The molecular formula is C21H18O4. The van der Waals surface area contributed by atoms with Crippen molar-refractivity contribution >= 4 is 5.97 Å². The Kier molecular flexibility index (Phi) is 4.19. The Hall–Kier alpha value is -3.27. The zero-order valence-electron chi connectivity index (χ0n) is 13.8. The van der Waals surface area contributed by atoms with Gasteiger partial charge in [0.1, 0.15) is 11.5 Å². The number of ether oxygens (including phenoxy) is 1. The average Bonchev–Trinajstić information content (AvgIpc) is 2.89. The molecule has 2 N–H and O–H groups in total. The lowest BCUT2D eigenvalue weighted by molar-refractivity contribution is -0.143. The molecule has 1 saturated heterocycles. The van der Waals surface area contributed by atoms with Gasteiger partial charge in [0.15, 0.2) is 5.60 Å². The van der Waals surface area contributed by atoms with Gasteiger partial charge in [-0.2, -0.15) is 0 Å². The van der Waals surface area contributed by atoms with Gasteiger partial charge in [0.25, 0.3) is 0 Å². The minimum absolute atomic E-state index is 0.123. The quantitative estimate of drug-likeness (QED) is 0.659. The molecule has 2 aromatic rings. The number of hydrogen-bond acceptors (Lipinski definition) is 4. The van der Waals surface area contributed by atoms with E-state index in [2.05, 4.69) is 6.58 Å². The summed E-state index contributed by atoms with van der Waals surface area (Å²) in [5.74, 6) is -0.204. The van der Waals surface area contributed by atoms with Crippen LogP contribution in [0, 0.1) is 0 Å². The molecule has 1 heterocycles. The Bertz CT molecular complexity index is 826. The lowest BCUT2D eigenvalue weighted by Gasteiger charge is -2.30. The summed E-state index contributed by atoms with van der Waals surface area (Å²) in [4.78, 5) is 12.6. The maximum atomic E-state index is 12.6. The van der Waals surface area contributed by atoms with Crippen LogP contribution in [0.1, 0.15) is 18.1 Å². The van der Waals surface area contributed by atoms with E-state index in [9.17, 15) is 15.0 Å². The van der Waals surface area contributed by atoms with Crippen LogP contribution in [0.5, 0.6) is 11.5 Å². The van der Waals surface area contributed by atoms with Gasteiger partial charge in [-0.15, -0.1) is 0 Å². The highest BCUT2D eigenvalue weighted by atomic mass is 16.6. The number of carbonyl (C=O) groups is 1.